The summed E-state index contributed by atoms with van der Waals surface area (Å²) in [4.78, 5) is 30.7. The van der Waals surface area contributed by atoms with Crippen molar-refractivity contribution in [2.24, 2.45) is 5.92 Å². The van der Waals surface area contributed by atoms with Gasteiger partial charge in [-0.2, -0.15) is 17.8 Å². The van der Waals surface area contributed by atoms with Crippen LogP contribution in [0.3, 0.4) is 0 Å². The van der Waals surface area contributed by atoms with Crippen molar-refractivity contribution in [3.05, 3.63) is 86.8 Å². The highest BCUT2D eigenvalue weighted by Crippen LogP contribution is 2.39. The fraction of sp³-hybridized carbons (Fsp3) is 0.441. The van der Waals surface area contributed by atoms with Crippen molar-refractivity contribution >= 4 is 56.9 Å². The predicted molar refractivity (Wildman–Crippen MR) is 189 cm³/mol. The molecule has 2 saturated heterocycles. The third-order valence-corrected chi connectivity index (χ3v) is 12.8. The molecule has 1 aromatic heterocycles. The summed E-state index contributed by atoms with van der Waals surface area (Å²) in [6.45, 7) is -0.235. The number of carbonyl (C=O) groups is 2. The third kappa shape index (κ3) is 9.02. The van der Waals surface area contributed by atoms with E-state index in [1.165, 1.54) is 42.5 Å². The number of aromatic nitrogens is 1. The van der Waals surface area contributed by atoms with E-state index in [2.05, 4.69) is 9.64 Å². The van der Waals surface area contributed by atoms with Crippen LogP contribution in [0.25, 0.3) is 0 Å². The summed E-state index contributed by atoms with van der Waals surface area (Å²) in [6.07, 6.45) is 2.70. The molecule has 0 bridgehead atoms. The van der Waals surface area contributed by atoms with E-state index in [0.29, 0.717) is 34.7 Å². The molecule has 52 heavy (non-hydrogen) atoms. The normalized spacial score (nSPS) is 19.1. The van der Waals surface area contributed by atoms with Gasteiger partial charge in [0.05, 0.1) is 11.5 Å². The molecule has 2 aromatic carbocycles. The van der Waals surface area contributed by atoms with E-state index in [9.17, 15) is 32.0 Å². The summed E-state index contributed by atoms with van der Waals surface area (Å²) in [7, 11) is -2.25. The molecule has 3 heterocycles. The number of piperazine rings is 1. The number of pyridine rings is 1. The number of hydrogen-bond donors (Lipinski definition) is 0. The summed E-state index contributed by atoms with van der Waals surface area (Å²) in [5.41, 5.74) is 0.908. The number of carbonyl (C=O) groups excluding carboxylic acids is 2. The molecule has 3 aromatic rings. The first kappa shape index (κ1) is 38.3. The van der Waals surface area contributed by atoms with Crippen LogP contribution in [0.15, 0.2) is 59.8 Å². The fourth-order valence-electron chi connectivity index (χ4n) is 5.84. The van der Waals surface area contributed by atoms with Crippen LogP contribution in [-0.2, 0) is 26.0 Å². The van der Waals surface area contributed by atoms with Crippen molar-refractivity contribution in [3.8, 4) is 11.5 Å². The third-order valence-electron chi connectivity index (χ3n) is 8.98. The number of hydrogen-bond acceptors (Lipinski definition) is 10. The molecule has 1 unspecified atom stereocenters. The van der Waals surface area contributed by atoms with Gasteiger partial charge in [0.25, 0.3) is 5.91 Å². The van der Waals surface area contributed by atoms with Crippen LogP contribution in [0, 0.1) is 11.1 Å². The average molecular weight is 802 g/mol. The first-order valence-electron chi connectivity index (χ1n) is 16.5. The van der Waals surface area contributed by atoms with Crippen molar-refractivity contribution in [3.63, 3.8) is 0 Å². The number of nitrogens with zero attached hydrogens (tertiary/aromatic N) is 4. The number of rotatable bonds is 13. The molecular weight excluding hydrogens is 765 g/mol. The number of halogens is 4. The second-order valence-corrected chi connectivity index (χ2v) is 16.6. The summed E-state index contributed by atoms with van der Waals surface area (Å²) < 4.78 is 72.2. The van der Waals surface area contributed by atoms with Crippen LogP contribution < -0.4 is 14.2 Å². The van der Waals surface area contributed by atoms with E-state index >= 15 is 0 Å². The summed E-state index contributed by atoms with van der Waals surface area (Å²) in [6, 6.07) is 9.72. The molecule has 0 N–H and O–H groups in total. The van der Waals surface area contributed by atoms with Crippen LogP contribution in [0.5, 0.6) is 11.5 Å². The number of ether oxygens (including phenoxy) is 3. The standard InChI is InChI=1S/C34H36Cl2F2N4O8S2/c1-39-10-12-40(13-11-39)31(43)22-4-7-24(8-5-22)52(46,47)42-14-15-51-32(42)33(44)49-29(17-25-26(35)18-41(45)19-27(25)36)23-6-9-28(50-34(37)38)30(16-23)48-20-21-2-3-21/h4-9,16,18-19,21,29,32,34H,2-3,10-15,17,20H2,1H3/t29-,32?/m0/s1. The lowest BCUT2D eigenvalue weighted by molar-refractivity contribution is -0.605. The van der Waals surface area contributed by atoms with Gasteiger partial charge in [-0.05, 0) is 67.8 Å². The molecule has 6 rings (SSSR count). The molecule has 3 aliphatic rings. The molecule has 12 nitrogen and oxygen atoms in total. The number of benzene rings is 2. The van der Waals surface area contributed by atoms with Gasteiger partial charge >= 0.3 is 12.6 Å². The number of sulfonamides is 1. The Bertz CT molecular complexity index is 1880. The minimum atomic E-state index is -4.23. The SMILES string of the molecule is CN1CCN(C(=O)c2ccc(S(=O)(=O)N3CCSC3C(=O)O[C@@H](Cc3c(Cl)c[n+]([O-])cc3Cl)c3ccc(OC(F)F)c(OCC4CC4)c3)cc2)CC1. The molecule has 3 fully saturated rings. The largest absolute Gasteiger partial charge is 0.619 e. The maximum absolute atomic E-state index is 13.9. The average Bonchev–Trinajstić information content (AvgIpc) is 3.80. The zero-order chi connectivity index (χ0) is 37.2. The van der Waals surface area contributed by atoms with Crippen molar-refractivity contribution in [2.75, 3.05) is 52.1 Å². The fourth-order valence-corrected chi connectivity index (χ4v) is 9.49. The van der Waals surface area contributed by atoms with Crippen LogP contribution in [0.4, 0.5) is 8.78 Å². The Morgan fingerprint density at radius 1 is 1.00 bits per heavy atom. The molecule has 1 saturated carbocycles. The van der Waals surface area contributed by atoms with E-state index in [4.69, 9.17) is 32.7 Å². The maximum Gasteiger partial charge on any atom is 0.387 e. The number of esters is 1. The van der Waals surface area contributed by atoms with Crippen molar-refractivity contribution < 1.29 is 45.7 Å². The quantitative estimate of drug-likeness (QED) is 0.132. The van der Waals surface area contributed by atoms with Crippen LogP contribution in [0.1, 0.15) is 40.4 Å². The Morgan fingerprint density at radius 3 is 2.31 bits per heavy atom. The molecule has 0 spiro atoms. The molecule has 2 aliphatic heterocycles. The zero-order valence-electron chi connectivity index (χ0n) is 28.0. The molecule has 18 heteroatoms. The van der Waals surface area contributed by atoms with Crippen molar-refractivity contribution in [1.82, 2.24) is 14.1 Å². The first-order valence-corrected chi connectivity index (χ1v) is 19.7. The number of thioether (sulfide) groups is 1. The topological polar surface area (TPSA) is 133 Å². The molecule has 0 radical (unpaired) electrons. The van der Waals surface area contributed by atoms with Gasteiger partial charge in [0.2, 0.25) is 10.0 Å². The predicted octanol–water partition coefficient (Wildman–Crippen LogP) is 5.00. The van der Waals surface area contributed by atoms with Gasteiger partial charge in [0.15, 0.2) is 29.3 Å². The van der Waals surface area contributed by atoms with E-state index in [-0.39, 0.29) is 63.4 Å². The minimum Gasteiger partial charge on any atom is -0.619 e. The smallest absolute Gasteiger partial charge is 0.387 e. The van der Waals surface area contributed by atoms with E-state index in [0.717, 1.165) is 54.4 Å². The van der Waals surface area contributed by atoms with Gasteiger partial charge in [-0.15, -0.1) is 11.8 Å². The van der Waals surface area contributed by atoms with E-state index < -0.39 is 34.1 Å². The van der Waals surface area contributed by atoms with Gasteiger partial charge in [0, 0.05) is 56.0 Å². The van der Waals surface area contributed by atoms with Gasteiger partial charge in [-0.3, -0.25) is 4.79 Å². The van der Waals surface area contributed by atoms with Gasteiger partial charge in [0.1, 0.15) is 16.1 Å². The van der Waals surface area contributed by atoms with Crippen molar-refractivity contribution in [2.45, 2.75) is 42.2 Å². The highest BCUT2D eigenvalue weighted by Gasteiger charge is 2.42. The minimum absolute atomic E-state index is 0.00222. The van der Waals surface area contributed by atoms with Crippen molar-refractivity contribution in [1.29, 1.82) is 0 Å². The zero-order valence-corrected chi connectivity index (χ0v) is 31.1. The van der Waals surface area contributed by atoms with Crippen LogP contribution >= 0.6 is 35.0 Å². The molecule has 280 valence electrons. The van der Waals surface area contributed by atoms with E-state index in [1.807, 2.05) is 7.05 Å². The van der Waals surface area contributed by atoms with Crippen LogP contribution in [-0.4, -0.2) is 98.5 Å². The molecule has 1 amide bonds. The lowest BCUT2D eigenvalue weighted by Crippen LogP contribution is -2.47. The Morgan fingerprint density at radius 2 is 1.67 bits per heavy atom. The second-order valence-electron chi connectivity index (χ2n) is 12.7. The molecule has 2 atom stereocenters. The molecular formula is C34H36Cl2F2N4O8S2. The number of likely N-dealkylation sites (N-methyl/N-ethyl adjacent to an activating group) is 1. The van der Waals surface area contributed by atoms with Gasteiger partial charge in [-0.1, -0.05) is 29.3 Å². The second kappa shape index (κ2) is 16.3. The lowest BCUT2D eigenvalue weighted by atomic mass is 10.0. The Kier molecular flexibility index (Phi) is 12.0. The Labute approximate surface area is 314 Å². The van der Waals surface area contributed by atoms with Gasteiger partial charge in [-0.25, -0.2) is 13.2 Å². The van der Waals surface area contributed by atoms with Gasteiger partial charge < -0.3 is 29.2 Å². The highest BCUT2D eigenvalue weighted by molar-refractivity contribution is 8.02. The monoisotopic (exact) mass is 800 g/mol. The van der Waals surface area contributed by atoms with Crippen LogP contribution in [0.2, 0.25) is 10.0 Å². The number of alkyl halides is 2. The molecule has 1 aliphatic carbocycles. The maximum atomic E-state index is 13.9. The summed E-state index contributed by atoms with van der Waals surface area (Å²) in [5, 5.41) is 10.6. The summed E-state index contributed by atoms with van der Waals surface area (Å²) in [5.74, 6) is -0.732. The Hall–Kier alpha value is -3.41. The Balaban J connectivity index is 1.25. The van der Waals surface area contributed by atoms with E-state index in [1.54, 1.807) is 4.90 Å². The first-order chi connectivity index (χ1) is 24.8. The lowest BCUT2D eigenvalue weighted by Gasteiger charge is -2.32. The number of amides is 1. The summed E-state index contributed by atoms with van der Waals surface area (Å²) >= 11 is 13.8. The highest BCUT2D eigenvalue weighted by atomic mass is 35.5.